The molecule has 0 aliphatic carbocycles. The largest absolute Gasteiger partial charge is 0.381 e. The highest BCUT2D eigenvalue weighted by Gasteiger charge is 2.25. The second kappa shape index (κ2) is 5.50. The van der Waals surface area contributed by atoms with Gasteiger partial charge in [0.2, 0.25) is 5.91 Å². The SMILES string of the molecule is Cc1nc2ccc(N(C)C(=O)C3CCCOC3)cc2s1. The van der Waals surface area contributed by atoms with Crippen molar-refractivity contribution < 1.29 is 9.53 Å². The molecular formula is C15H18N2O2S. The van der Waals surface area contributed by atoms with E-state index >= 15 is 0 Å². The molecule has 1 aliphatic rings. The summed E-state index contributed by atoms with van der Waals surface area (Å²) in [6.45, 7) is 3.32. The third-order valence-electron chi connectivity index (χ3n) is 3.71. The lowest BCUT2D eigenvalue weighted by Gasteiger charge is -2.26. The minimum Gasteiger partial charge on any atom is -0.381 e. The van der Waals surface area contributed by atoms with Crippen LogP contribution in [0.2, 0.25) is 0 Å². The molecule has 0 saturated carbocycles. The molecule has 0 N–H and O–H groups in total. The fourth-order valence-corrected chi connectivity index (χ4v) is 3.43. The average Bonchev–Trinajstić information content (AvgIpc) is 2.85. The maximum Gasteiger partial charge on any atom is 0.232 e. The average molecular weight is 290 g/mol. The van der Waals surface area contributed by atoms with Gasteiger partial charge in [-0.2, -0.15) is 0 Å². The fraction of sp³-hybridized carbons (Fsp3) is 0.467. The smallest absolute Gasteiger partial charge is 0.232 e. The van der Waals surface area contributed by atoms with E-state index in [4.69, 9.17) is 4.74 Å². The molecule has 2 aromatic rings. The van der Waals surface area contributed by atoms with Crippen LogP contribution in [0.4, 0.5) is 5.69 Å². The monoisotopic (exact) mass is 290 g/mol. The second-order valence-corrected chi connectivity index (χ2v) is 6.43. The molecule has 0 bridgehead atoms. The number of amides is 1. The van der Waals surface area contributed by atoms with E-state index in [0.717, 1.165) is 40.4 Å². The number of thiazole rings is 1. The van der Waals surface area contributed by atoms with Crippen LogP contribution in [-0.4, -0.2) is 31.2 Å². The van der Waals surface area contributed by atoms with E-state index in [1.165, 1.54) is 0 Å². The minimum atomic E-state index is -0.00681. The summed E-state index contributed by atoms with van der Waals surface area (Å²) in [5, 5.41) is 1.05. The van der Waals surface area contributed by atoms with E-state index < -0.39 is 0 Å². The van der Waals surface area contributed by atoms with Crippen molar-refractivity contribution >= 4 is 33.1 Å². The summed E-state index contributed by atoms with van der Waals surface area (Å²) >= 11 is 1.66. The molecule has 1 aromatic carbocycles. The second-order valence-electron chi connectivity index (χ2n) is 5.20. The number of carbonyl (C=O) groups is 1. The number of hydrogen-bond donors (Lipinski definition) is 0. The first kappa shape index (κ1) is 13.5. The molecule has 1 unspecified atom stereocenters. The van der Waals surface area contributed by atoms with Crippen LogP contribution in [0.1, 0.15) is 17.8 Å². The molecule has 0 spiro atoms. The standard InChI is InChI=1S/C15H18N2O2S/c1-10-16-13-6-5-12(8-14(13)20-10)17(2)15(18)11-4-3-7-19-9-11/h5-6,8,11H,3-4,7,9H2,1-2H3. The van der Waals surface area contributed by atoms with Crippen LogP contribution in [-0.2, 0) is 9.53 Å². The number of fused-ring (bicyclic) bond motifs is 1. The van der Waals surface area contributed by atoms with Gasteiger partial charge < -0.3 is 9.64 Å². The normalized spacial score (nSPS) is 19.2. The molecule has 4 nitrogen and oxygen atoms in total. The maximum absolute atomic E-state index is 12.5. The Kier molecular flexibility index (Phi) is 3.72. The molecule has 1 atom stereocenters. The van der Waals surface area contributed by atoms with Gasteiger partial charge in [-0.1, -0.05) is 0 Å². The highest BCUT2D eigenvalue weighted by Crippen LogP contribution is 2.27. The number of carbonyl (C=O) groups excluding carboxylic acids is 1. The number of nitrogens with zero attached hydrogens (tertiary/aromatic N) is 2. The molecule has 5 heteroatoms. The van der Waals surface area contributed by atoms with E-state index in [-0.39, 0.29) is 11.8 Å². The Labute approximate surface area is 122 Å². The zero-order valence-electron chi connectivity index (χ0n) is 11.8. The molecular weight excluding hydrogens is 272 g/mol. The van der Waals surface area contributed by atoms with E-state index in [1.54, 1.807) is 16.2 Å². The Morgan fingerprint density at radius 1 is 1.50 bits per heavy atom. The Balaban J connectivity index is 1.83. The van der Waals surface area contributed by atoms with Crippen LogP contribution >= 0.6 is 11.3 Å². The topological polar surface area (TPSA) is 42.4 Å². The lowest BCUT2D eigenvalue weighted by molar-refractivity contribution is -0.125. The van der Waals surface area contributed by atoms with E-state index in [1.807, 2.05) is 32.2 Å². The molecule has 1 fully saturated rings. The molecule has 1 aromatic heterocycles. The number of benzene rings is 1. The summed E-state index contributed by atoms with van der Waals surface area (Å²) in [6, 6.07) is 5.99. The van der Waals surface area contributed by atoms with Gasteiger partial charge in [0.25, 0.3) is 0 Å². The maximum atomic E-state index is 12.5. The minimum absolute atomic E-state index is 0.00681. The zero-order chi connectivity index (χ0) is 14.1. The van der Waals surface area contributed by atoms with Gasteiger partial charge >= 0.3 is 0 Å². The Morgan fingerprint density at radius 3 is 3.10 bits per heavy atom. The first-order valence-electron chi connectivity index (χ1n) is 6.87. The van der Waals surface area contributed by atoms with Gasteiger partial charge in [-0.3, -0.25) is 4.79 Å². The molecule has 1 amide bonds. The van der Waals surface area contributed by atoms with Crippen molar-refractivity contribution in [1.82, 2.24) is 4.98 Å². The van der Waals surface area contributed by atoms with Crippen molar-refractivity contribution in [3.8, 4) is 0 Å². The van der Waals surface area contributed by atoms with Crippen molar-refractivity contribution in [3.63, 3.8) is 0 Å². The van der Waals surface area contributed by atoms with E-state index in [2.05, 4.69) is 4.98 Å². The van der Waals surface area contributed by atoms with Crippen molar-refractivity contribution in [2.45, 2.75) is 19.8 Å². The first-order chi connectivity index (χ1) is 9.65. The number of aromatic nitrogens is 1. The van der Waals surface area contributed by atoms with Gasteiger partial charge in [-0.05, 0) is 38.0 Å². The van der Waals surface area contributed by atoms with Gasteiger partial charge in [0, 0.05) is 19.3 Å². The molecule has 0 radical (unpaired) electrons. The molecule has 20 heavy (non-hydrogen) atoms. The van der Waals surface area contributed by atoms with Gasteiger partial charge in [-0.25, -0.2) is 4.98 Å². The predicted molar refractivity (Wildman–Crippen MR) is 81.3 cm³/mol. The van der Waals surface area contributed by atoms with E-state index in [9.17, 15) is 4.79 Å². The molecule has 1 saturated heterocycles. The van der Waals surface area contributed by atoms with Crippen LogP contribution < -0.4 is 4.90 Å². The lowest BCUT2D eigenvalue weighted by atomic mass is 10.0. The number of rotatable bonds is 2. The molecule has 2 heterocycles. The number of anilines is 1. The highest BCUT2D eigenvalue weighted by molar-refractivity contribution is 7.18. The number of aryl methyl sites for hydroxylation is 1. The third-order valence-corrected chi connectivity index (χ3v) is 4.64. The molecule has 1 aliphatic heterocycles. The van der Waals surface area contributed by atoms with Crippen molar-refractivity contribution in [1.29, 1.82) is 0 Å². The van der Waals surface area contributed by atoms with Crippen molar-refractivity contribution in [3.05, 3.63) is 23.2 Å². The van der Waals surface area contributed by atoms with Crippen LogP contribution in [0.5, 0.6) is 0 Å². The van der Waals surface area contributed by atoms with Crippen LogP contribution in [0.3, 0.4) is 0 Å². The summed E-state index contributed by atoms with van der Waals surface area (Å²) in [5.41, 5.74) is 1.93. The Bertz CT molecular complexity index is 632. The lowest BCUT2D eigenvalue weighted by Crippen LogP contribution is -2.37. The number of ether oxygens (including phenoxy) is 1. The van der Waals surface area contributed by atoms with E-state index in [0.29, 0.717) is 6.61 Å². The Hall–Kier alpha value is -1.46. The van der Waals surface area contributed by atoms with Crippen LogP contribution in [0.15, 0.2) is 18.2 Å². The summed E-state index contributed by atoms with van der Waals surface area (Å²) in [6.07, 6.45) is 1.89. The summed E-state index contributed by atoms with van der Waals surface area (Å²) < 4.78 is 6.53. The van der Waals surface area contributed by atoms with Crippen molar-refractivity contribution in [2.75, 3.05) is 25.2 Å². The fourth-order valence-electron chi connectivity index (χ4n) is 2.57. The quantitative estimate of drug-likeness (QED) is 0.854. The van der Waals surface area contributed by atoms with Crippen LogP contribution in [0, 0.1) is 12.8 Å². The first-order valence-corrected chi connectivity index (χ1v) is 7.69. The Morgan fingerprint density at radius 2 is 2.35 bits per heavy atom. The number of hydrogen-bond acceptors (Lipinski definition) is 4. The van der Waals surface area contributed by atoms with Gasteiger partial charge in [0.1, 0.15) is 0 Å². The van der Waals surface area contributed by atoms with Crippen molar-refractivity contribution in [2.24, 2.45) is 5.92 Å². The molecule has 3 rings (SSSR count). The summed E-state index contributed by atoms with van der Waals surface area (Å²) in [5.74, 6) is 0.137. The van der Waals surface area contributed by atoms with Gasteiger partial charge in [0.05, 0.1) is 27.7 Å². The predicted octanol–water partition coefficient (Wildman–Crippen LogP) is 2.99. The molecule has 106 valence electrons. The zero-order valence-corrected chi connectivity index (χ0v) is 12.6. The highest BCUT2D eigenvalue weighted by atomic mass is 32.1. The van der Waals surface area contributed by atoms with Gasteiger partial charge in [0.15, 0.2) is 0 Å². The summed E-state index contributed by atoms with van der Waals surface area (Å²) in [4.78, 5) is 18.7. The van der Waals surface area contributed by atoms with Gasteiger partial charge in [-0.15, -0.1) is 11.3 Å². The summed E-state index contributed by atoms with van der Waals surface area (Å²) in [7, 11) is 1.84. The van der Waals surface area contributed by atoms with Crippen LogP contribution in [0.25, 0.3) is 10.2 Å². The third kappa shape index (κ3) is 2.55.